The molecule has 1 atom stereocenters. The van der Waals surface area contributed by atoms with Crippen molar-refractivity contribution in [2.45, 2.75) is 53.7 Å². The Morgan fingerprint density at radius 1 is 0.903 bits per heavy atom. The van der Waals surface area contributed by atoms with Crippen molar-refractivity contribution in [2.75, 3.05) is 5.32 Å². The number of ether oxygens (including phenoxy) is 1. The summed E-state index contributed by atoms with van der Waals surface area (Å²) in [6.07, 6.45) is -1.05. The van der Waals surface area contributed by atoms with Crippen LogP contribution in [-0.4, -0.2) is 40.7 Å². The van der Waals surface area contributed by atoms with Gasteiger partial charge in [-0.25, -0.2) is 4.79 Å². The lowest BCUT2D eigenvalue weighted by Gasteiger charge is -2.17. The molecular formula is C24H26N2O5. The van der Waals surface area contributed by atoms with Gasteiger partial charge in [0.15, 0.2) is 6.10 Å². The molecule has 1 aliphatic rings. The number of benzene rings is 2. The molecule has 162 valence electrons. The highest BCUT2D eigenvalue weighted by atomic mass is 16.5. The van der Waals surface area contributed by atoms with Crippen LogP contribution in [0.25, 0.3) is 0 Å². The second-order valence-corrected chi connectivity index (χ2v) is 8.14. The van der Waals surface area contributed by atoms with E-state index >= 15 is 0 Å². The zero-order valence-electron chi connectivity index (χ0n) is 18.5. The van der Waals surface area contributed by atoms with Crippen LogP contribution < -0.4 is 5.32 Å². The van der Waals surface area contributed by atoms with Gasteiger partial charge in [-0.15, -0.1) is 0 Å². The monoisotopic (exact) mass is 422 g/mol. The Balaban J connectivity index is 1.73. The van der Waals surface area contributed by atoms with Crippen molar-refractivity contribution in [2.24, 2.45) is 0 Å². The molecule has 2 aromatic carbocycles. The number of imide groups is 1. The summed E-state index contributed by atoms with van der Waals surface area (Å²) in [5, 5.41) is 2.81. The predicted octanol–water partition coefficient (Wildman–Crippen LogP) is 3.80. The highest BCUT2D eigenvalue weighted by Crippen LogP contribution is 2.26. The normalized spacial score (nSPS) is 14.0. The van der Waals surface area contributed by atoms with Gasteiger partial charge >= 0.3 is 5.97 Å². The summed E-state index contributed by atoms with van der Waals surface area (Å²) >= 11 is 0. The number of esters is 1. The first kappa shape index (κ1) is 22.2. The minimum absolute atomic E-state index is 0.104. The van der Waals surface area contributed by atoms with Gasteiger partial charge in [-0.3, -0.25) is 19.3 Å². The van der Waals surface area contributed by atoms with E-state index in [1.165, 1.54) is 25.1 Å². The van der Waals surface area contributed by atoms with Crippen LogP contribution in [0.2, 0.25) is 0 Å². The molecular weight excluding hydrogens is 396 g/mol. The van der Waals surface area contributed by atoms with Gasteiger partial charge in [0, 0.05) is 11.7 Å². The fourth-order valence-corrected chi connectivity index (χ4v) is 3.74. The average Bonchev–Trinajstić information content (AvgIpc) is 2.94. The number of carbonyl (C=O) groups is 4. The summed E-state index contributed by atoms with van der Waals surface area (Å²) in [6, 6.07) is 7.85. The maximum Gasteiger partial charge on any atom is 0.338 e. The molecule has 7 heteroatoms. The lowest BCUT2D eigenvalue weighted by Crippen LogP contribution is -2.35. The fraction of sp³-hybridized carbons (Fsp3) is 0.333. The minimum atomic E-state index is -1.05. The van der Waals surface area contributed by atoms with Crippen LogP contribution in [0.4, 0.5) is 5.69 Å². The van der Waals surface area contributed by atoms with E-state index in [1.807, 2.05) is 32.9 Å². The van der Waals surface area contributed by atoms with Crippen molar-refractivity contribution < 1.29 is 23.9 Å². The van der Waals surface area contributed by atoms with E-state index in [0.717, 1.165) is 21.6 Å². The summed E-state index contributed by atoms with van der Waals surface area (Å²) in [5.74, 6) is -2.03. The molecule has 0 spiro atoms. The number of rotatable bonds is 5. The third kappa shape index (κ3) is 4.21. The van der Waals surface area contributed by atoms with Gasteiger partial charge in [0.2, 0.25) is 0 Å². The molecule has 1 heterocycles. The average molecular weight is 422 g/mol. The Labute approximate surface area is 181 Å². The smallest absolute Gasteiger partial charge is 0.338 e. The number of amides is 3. The summed E-state index contributed by atoms with van der Waals surface area (Å²) in [7, 11) is 0. The Bertz CT molecular complexity index is 1080. The Hall–Kier alpha value is -3.48. The zero-order valence-corrected chi connectivity index (χ0v) is 18.5. The van der Waals surface area contributed by atoms with E-state index < -0.39 is 23.9 Å². The van der Waals surface area contributed by atoms with Crippen LogP contribution in [-0.2, 0) is 9.53 Å². The van der Waals surface area contributed by atoms with Crippen molar-refractivity contribution in [1.29, 1.82) is 0 Å². The summed E-state index contributed by atoms with van der Waals surface area (Å²) in [6.45, 7) is 10.7. The van der Waals surface area contributed by atoms with E-state index in [-0.39, 0.29) is 28.6 Å². The predicted molar refractivity (Wildman–Crippen MR) is 116 cm³/mol. The molecule has 0 saturated heterocycles. The van der Waals surface area contributed by atoms with Gasteiger partial charge in [0.1, 0.15) is 0 Å². The molecule has 3 amide bonds. The fourth-order valence-electron chi connectivity index (χ4n) is 3.74. The van der Waals surface area contributed by atoms with Crippen LogP contribution in [0.5, 0.6) is 0 Å². The standard InChI is InChI=1S/C24H26N2O5/c1-12(2)26-22(28)18-8-7-17(11-19(18)23(26)29)24(30)31-16(6)21(27)25-20-14(4)9-13(3)10-15(20)5/h7-12,16H,1-6H3,(H,25,27)/t16-/m0/s1. The van der Waals surface area contributed by atoms with Gasteiger partial charge in [-0.2, -0.15) is 0 Å². The number of fused-ring (bicyclic) bond motifs is 1. The number of carbonyl (C=O) groups excluding carboxylic acids is 4. The van der Waals surface area contributed by atoms with E-state index in [0.29, 0.717) is 5.69 Å². The van der Waals surface area contributed by atoms with Crippen molar-refractivity contribution in [3.63, 3.8) is 0 Å². The molecule has 0 bridgehead atoms. The lowest BCUT2D eigenvalue weighted by atomic mass is 10.0. The highest BCUT2D eigenvalue weighted by molar-refractivity contribution is 6.22. The van der Waals surface area contributed by atoms with Crippen LogP contribution in [0.15, 0.2) is 30.3 Å². The SMILES string of the molecule is Cc1cc(C)c(NC(=O)[C@H](C)OC(=O)c2ccc3c(c2)C(=O)N(C(C)C)C3=O)c(C)c1. The quantitative estimate of drug-likeness (QED) is 0.584. The summed E-state index contributed by atoms with van der Waals surface area (Å²) in [5.41, 5.74) is 4.14. The topological polar surface area (TPSA) is 92.8 Å². The Kier molecular flexibility index (Phi) is 5.97. The molecule has 1 N–H and O–H groups in total. The Morgan fingerprint density at radius 3 is 2.06 bits per heavy atom. The third-order valence-corrected chi connectivity index (χ3v) is 5.25. The molecule has 0 aliphatic carbocycles. The van der Waals surface area contributed by atoms with Gasteiger partial charge in [0.25, 0.3) is 17.7 Å². The second-order valence-electron chi connectivity index (χ2n) is 8.14. The van der Waals surface area contributed by atoms with Gasteiger partial charge < -0.3 is 10.1 Å². The van der Waals surface area contributed by atoms with Crippen molar-refractivity contribution in [1.82, 2.24) is 4.90 Å². The number of hydrogen-bond acceptors (Lipinski definition) is 5. The zero-order chi connectivity index (χ0) is 23.0. The molecule has 7 nitrogen and oxygen atoms in total. The van der Waals surface area contributed by atoms with E-state index in [9.17, 15) is 19.2 Å². The minimum Gasteiger partial charge on any atom is -0.449 e. The van der Waals surface area contributed by atoms with Crippen LogP contribution in [0.1, 0.15) is 68.5 Å². The van der Waals surface area contributed by atoms with Crippen LogP contribution in [0.3, 0.4) is 0 Å². The number of hydrogen-bond donors (Lipinski definition) is 1. The molecule has 0 unspecified atom stereocenters. The maximum absolute atomic E-state index is 12.6. The summed E-state index contributed by atoms with van der Waals surface area (Å²) < 4.78 is 5.31. The van der Waals surface area contributed by atoms with Crippen molar-refractivity contribution in [3.8, 4) is 0 Å². The molecule has 0 saturated carbocycles. The largest absolute Gasteiger partial charge is 0.449 e. The highest BCUT2D eigenvalue weighted by Gasteiger charge is 2.37. The van der Waals surface area contributed by atoms with E-state index in [1.54, 1.807) is 13.8 Å². The first-order chi connectivity index (χ1) is 14.5. The van der Waals surface area contributed by atoms with E-state index in [2.05, 4.69) is 5.32 Å². The van der Waals surface area contributed by atoms with Gasteiger partial charge in [0.05, 0.1) is 16.7 Å². The lowest BCUT2D eigenvalue weighted by molar-refractivity contribution is -0.123. The van der Waals surface area contributed by atoms with Crippen molar-refractivity contribution >= 4 is 29.4 Å². The first-order valence-corrected chi connectivity index (χ1v) is 10.1. The number of nitrogens with zero attached hydrogens (tertiary/aromatic N) is 1. The number of aryl methyl sites for hydroxylation is 3. The number of nitrogens with one attached hydrogen (secondary N) is 1. The Morgan fingerprint density at radius 2 is 1.48 bits per heavy atom. The second kappa shape index (κ2) is 8.34. The molecule has 0 aromatic heterocycles. The van der Waals surface area contributed by atoms with Crippen LogP contribution >= 0.6 is 0 Å². The molecule has 2 aromatic rings. The molecule has 31 heavy (non-hydrogen) atoms. The van der Waals surface area contributed by atoms with E-state index in [4.69, 9.17) is 4.74 Å². The summed E-state index contributed by atoms with van der Waals surface area (Å²) in [4.78, 5) is 51.2. The molecule has 1 aliphatic heterocycles. The number of anilines is 1. The molecule has 0 fully saturated rings. The van der Waals surface area contributed by atoms with Gasteiger partial charge in [-0.05, 0) is 70.9 Å². The van der Waals surface area contributed by atoms with Gasteiger partial charge in [-0.1, -0.05) is 17.7 Å². The first-order valence-electron chi connectivity index (χ1n) is 10.1. The van der Waals surface area contributed by atoms with Crippen molar-refractivity contribution in [3.05, 3.63) is 63.7 Å². The van der Waals surface area contributed by atoms with Crippen LogP contribution in [0, 0.1) is 20.8 Å². The third-order valence-electron chi connectivity index (χ3n) is 5.25. The molecule has 3 rings (SSSR count). The maximum atomic E-state index is 12.6. The molecule has 0 radical (unpaired) electrons.